The molecule has 0 bridgehead atoms. The number of benzene rings is 8. The number of aryl methyl sites for hydroxylation is 1. The van der Waals surface area contributed by atoms with E-state index in [4.69, 9.17) is 40.6 Å². The van der Waals surface area contributed by atoms with Gasteiger partial charge in [0.15, 0.2) is 43.4 Å². The van der Waals surface area contributed by atoms with E-state index in [9.17, 15) is 82.8 Å². The maximum Gasteiger partial charge on any atom is 0.433 e. The molecule has 0 amide bonds. The number of phenolic OH excluding ortho intramolecular Hbond substituents is 2. The third-order valence-corrected chi connectivity index (χ3v) is 22.5. The van der Waals surface area contributed by atoms with Gasteiger partial charge in [-0.25, -0.2) is 27.4 Å². The van der Waals surface area contributed by atoms with Gasteiger partial charge in [-0.05, 0) is 153 Å². The minimum atomic E-state index is -5.48. The second-order valence-electron chi connectivity index (χ2n) is 20.2. The van der Waals surface area contributed by atoms with Crippen LogP contribution in [-0.4, -0.2) is 134 Å². The average Bonchev–Trinajstić information content (AvgIpc) is 0.751. The summed E-state index contributed by atoms with van der Waals surface area (Å²) in [6, 6.07) is 19.3. The Labute approximate surface area is 625 Å². The molecule has 574 valence electrons. The van der Waals surface area contributed by atoms with Crippen LogP contribution in [0.1, 0.15) is 5.56 Å². The molecule has 8 aromatic rings. The number of methoxy groups -OCH3 is 1. The first-order valence-electron chi connectivity index (χ1n) is 27.8. The first kappa shape index (κ1) is 84.5. The van der Waals surface area contributed by atoms with Crippen molar-refractivity contribution >= 4 is 197 Å². The van der Waals surface area contributed by atoms with E-state index in [2.05, 4.69) is 88.6 Å². The molecule has 0 spiro atoms. The minimum absolute atomic E-state index is 0.0403. The number of hydrogen-bond donors (Lipinski definition) is 11. The standard InChI is InChI=1S/C54H44N10O33S11/c1-28-21-37(60-64-52-44(106(79,80)81)25-30-23-40(101-95-93-68)50(48(56)46(30)54(52)66)62-58-32-5-9-34(10-6-32)99-18-14-91-97-108(85,86)87)38(88-2)27-41(28)103(71,72)20-16-89-15-19-102(69,70)35-11-12-36(42(26-35)104(73,74)75)59-63-51-43(105(76,77)78)24-29-22-39(100-94-92-67)49(47(55)45(29)53(51)65)61-57-31-3-7-33(8-4-31)98-17-13-90-96-107(82,83)84/h3-12,21-27,65-68H,15-16,19-20,55-56H2,1-2H3,(H,73,74,75)(H,76,77,78)(H,79,80,81)(H,82,83,84)(H,85,86,87). The number of nitrogen functional groups attached to an aromatic ring is 2. The Bertz CT molecular complexity index is 5970. The van der Waals surface area contributed by atoms with Gasteiger partial charge >= 0.3 is 20.8 Å². The van der Waals surface area contributed by atoms with Crippen LogP contribution in [0, 0.1) is 29.6 Å². The van der Waals surface area contributed by atoms with Crippen molar-refractivity contribution in [2.75, 3.05) is 43.3 Å². The summed E-state index contributed by atoms with van der Waals surface area (Å²) in [6.45, 7) is -0.123. The van der Waals surface area contributed by atoms with E-state index < -0.39 is 165 Å². The van der Waals surface area contributed by atoms with Crippen LogP contribution in [0.5, 0.6) is 17.2 Å². The van der Waals surface area contributed by atoms with Crippen LogP contribution in [0.15, 0.2) is 188 Å². The summed E-state index contributed by atoms with van der Waals surface area (Å²) in [4.78, 5) is 3.96. The highest BCUT2D eigenvalue weighted by Crippen LogP contribution is 2.52. The van der Waals surface area contributed by atoms with E-state index in [1.165, 1.54) is 55.5 Å². The number of hydrogen-bond acceptors (Lipinski definition) is 42. The molecule has 0 saturated carbocycles. The highest BCUT2D eigenvalue weighted by molar-refractivity contribution is 8.04. The van der Waals surface area contributed by atoms with E-state index in [1.807, 2.05) is 12.2 Å². The number of phenols is 2. The molecule has 8 rings (SSSR count). The number of azo groups is 4. The van der Waals surface area contributed by atoms with E-state index in [0.717, 1.165) is 67.0 Å². The summed E-state index contributed by atoms with van der Waals surface area (Å²) in [5, 5.41) is 83.4. The number of nitrogens with two attached hydrogens (primary N) is 2. The molecule has 0 heterocycles. The quantitative estimate of drug-likeness (QED) is 0.00215. The maximum absolute atomic E-state index is 13.8. The lowest BCUT2D eigenvalue weighted by Crippen LogP contribution is -2.18. The van der Waals surface area contributed by atoms with Gasteiger partial charge in [0.05, 0.1) is 109 Å². The third kappa shape index (κ3) is 22.3. The molecular formula is C54H44N10O33S11. The van der Waals surface area contributed by atoms with Crippen molar-refractivity contribution in [3.05, 3.63) is 109 Å². The van der Waals surface area contributed by atoms with E-state index in [-0.39, 0.29) is 89.8 Å². The SMILES string of the molecule is COc1cc(S(=O)(=O)CCOCCS(=O)(=O)c2ccc(N=Nc3c(S(=O)(=O)O)cc4cc(SOOO)c(N=Nc5ccc(SC#COOS(=O)(=O)O)cc5)c(N)c4c3O)c(S(=O)(=O)O)c2)c(C)cc1N=Nc1c(S(=O)(=O)O)cc2cc(SOOO)c(N=Nc3ccc(SC#COOS(=O)(=O)O)cc3)c(N)c2c1O. The minimum Gasteiger partial charge on any atom is -0.505 e. The van der Waals surface area contributed by atoms with Gasteiger partial charge in [-0.1, -0.05) is 10.1 Å². The smallest absolute Gasteiger partial charge is 0.433 e. The molecule has 43 nitrogen and oxygen atoms in total. The molecule has 0 unspecified atom stereocenters. The van der Waals surface area contributed by atoms with Gasteiger partial charge in [0, 0.05) is 26.4 Å². The highest BCUT2D eigenvalue weighted by atomic mass is 32.3. The molecule has 0 aliphatic carbocycles. The highest BCUT2D eigenvalue weighted by Gasteiger charge is 2.30. The molecule has 0 atom stereocenters. The number of rotatable bonds is 32. The summed E-state index contributed by atoms with van der Waals surface area (Å²) >= 11 is 2.17. The Morgan fingerprint density at radius 2 is 0.880 bits per heavy atom. The van der Waals surface area contributed by atoms with Crippen molar-refractivity contribution in [1.82, 2.24) is 0 Å². The number of aromatic hydroxyl groups is 2. The van der Waals surface area contributed by atoms with Crippen LogP contribution >= 0.6 is 47.6 Å². The Hall–Kier alpha value is -9.11. The zero-order valence-electron chi connectivity index (χ0n) is 53.2. The van der Waals surface area contributed by atoms with Crippen LogP contribution in [0.4, 0.5) is 56.9 Å². The number of thioether (sulfide) groups is 2. The molecule has 54 heteroatoms. The molecule has 0 fully saturated rings. The maximum atomic E-state index is 13.8. The number of sulfone groups is 2. The number of anilines is 2. The molecule has 13 N–H and O–H groups in total. The van der Waals surface area contributed by atoms with Gasteiger partial charge in [-0.3, -0.25) is 32.5 Å². The largest absolute Gasteiger partial charge is 0.505 e. The van der Waals surface area contributed by atoms with Crippen molar-refractivity contribution in [3.63, 3.8) is 0 Å². The zero-order chi connectivity index (χ0) is 79.3. The predicted octanol–water partition coefficient (Wildman–Crippen LogP) is 10.9. The van der Waals surface area contributed by atoms with E-state index in [1.54, 1.807) is 0 Å². The summed E-state index contributed by atoms with van der Waals surface area (Å²) in [5.41, 5.74) is 8.39. The lowest BCUT2D eigenvalue weighted by molar-refractivity contribution is -0.432. The normalized spacial score (nSPS) is 12.7. The van der Waals surface area contributed by atoms with Gasteiger partial charge in [0.2, 0.25) is 0 Å². The average molecular weight is 1710 g/mol. The molecule has 8 aromatic carbocycles. The number of ether oxygens (including phenoxy) is 2. The van der Waals surface area contributed by atoms with Gasteiger partial charge < -0.3 is 31.2 Å². The van der Waals surface area contributed by atoms with E-state index in [0.29, 0.717) is 28.0 Å². The lowest BCUT2D eigenvalue weighted by atomic mass is 10.1. The molecule has 108 heavy (non-hydrogen) atoms. The lowest BCUT2D eigenvalue weighted by Gasteiger charge is -2.14. The van der Waals surface area contributed by atoms with Crippen LogP contribution in [-0.2, 0) is 113 Å². The van der Waals surface area contributed by atoms with Crippen LogP contribution in [0.25, 0.3) is 21.5 Å². The Morgan fingerprint density at radius 3 is 1.29 bits per heavy atom. The van der Waals surface area contributed by atoms with Crippen molar-refractivity contribution in [2.45, 2.75) is 51.0 Å². The summed E-state index contributed by atoms with van der Waals surface area (Å²) < 4.78 is 249. The fourth-order valence-electron chi connectivity index (χ4n) is 8.82. The summed E-state index contributed by atoms with van der Waals surface area (Å²) in [5.74, 6) is -4.29. The number of nitrogens with zero attached hydrogens (tertiary/aromatic N) is 8. The predicted molar refractivity (Wildman–Crippen MR) is 374 cm³/mol. The van der Waals surface area contributed by atoms with Crippen molar-refractivity contribution in [1.29, 1.82) is 0 Å². The van der Waals surface area contributed by atoms with Crippen molar-refractivity contribution in [2.24, 2.45) is 40.9 Å². The number of fused-ring (bicyclic) bond motifs is 2. The Morgan fingerprint density at radius 1 is 0.463 bits per heavy atom. The Kier molecular flexibility index (Phi) is 27.8. The first-order chi connectivity index (χ1) is 50.6. The second kappa shape index (κ2) is 35.5. The van der Waals surface area contributed by atoms with Crippen LogP contribution < -0.4 is 16.2 Å². The fourth-order valence-corrected chi connectivity index (χ4v) is 15.6. The van der Waals surface area contributed by atoms with Gasteiger partial charge in [-0.15, -0.1) is 39.4 Å². The van der Waals surface area contributed by atoms with Gasteiger partial charge in [0.25, 0.3) is 30.4 Å². The Balaban J connectivity index is 0.983. The second-order valence-corrected chi connectivity index (χ2v) is 33.8. The van der Waals surface area contributed by atoms with E-state index >= 15 is 0 Å². The van der Waals surface area contributed by atoms with Crippen molar-refractivity contribution < 1.29 is 149 Å². The van der Waals surface area contributed by atoms with Crippen LogP contribution in [0.2, 0.25) is 0 Å². The molecule has 0 aliphatic rings. The summed E-state index contributed by atoms with van der Waals surface area (Å²) in [7, 11) is -34.0. The first-order valence-corrected chi connectivity index (χ1v) is 41.3. The molecule has 0 saturated heterocycles. The van der Waals surface area contributed by atoms with Crippen LogP contribution in [0.3, 0.4) is 0 Å². The fraction of sp³-hybridized carbons (Fsp3) is 0.111. The molecule has 0 aliphatic heterocycles. The molecular weight excluding hydrogens is 1670 g/mol. The van der Waals surface area contributed by atoms with Gasteiger partial charge in [-0.2, -0.15) is 52.3 Å². The molecule has 0 aromatic heterocycles. The monoisotopic (exact) mass is 1710 g/mol. The third-order valence-electron chi connectivity index (χ3n) is 13.3. The van der Waals surface area contributed by atoms with Crippen molar-refractivity contribution in [3.8, 4) is 40.0 Å². The zero-order valence-corrected chi connectivity index (χ0v) is 62.2. The topological polar surface area (TPSA) is 664 Å². The van der Waals surface area contributed by atoms with Gasteiger partial charge in [0.1, 0.15) is 54.6 Å². The summed E-state index contributed by atoms with van der Waals surface area (Å²) in [6.07, 6.45) is 3.72. The molecule has 0 radical (unpaired) electrons.